The number of fused-ring (bicyclic) bond motifs is 5. The van der Waals surface area contributed by atoms with E-state index in [9.17, 15) is 4.39 Å². The van der Waals surface area contributed by atoms with Gasteiger partial charge in [-0.1, -0.05) is 36.4 Å². The molecule has 0 saturated carbocycles. The second kappa shape index (κ2) is 3.45. The summed E-state index contributed by atoms with van der Waals surface area (Å²) in [6, 6.07) is 15.9. The van der Waals surface area contributed by atoms with E-state index in [0.717, 1.165) is 5.69 Å². The molecule has 2 heteroatoms. The highest BCUT2D eigenvalue weighted by molar-refractivity contribution is 5.63. The lowest BCUT2D eigenvalue weighted by atomic mass is 9.97. The van der Waals surface area contributed by atoms with Crippen molar-refractivity contribution in [2.75, 3.05) is 4.90 Å². The SMILES string of the molecule is Fc1ccc(N2[C@@H]3C=C[C@H]2c2ccccc23)cc1. The summed E-state index contributed by atoms with van der Waals surface area (Å²) in [6.07, 6.45) is 4.46. The zero-order chi connectivity index (χ0) is 12.1. The van der Waals surface area contributed by atoms with E-state index in [1.54, 1.807) is 0 Å². The third-order valence-corrected chi connectivity index (χ3v) is 3.83. The first-order chi connectivity index (χ1) is 8.84. The second-order valence-electron chi connectivity index (χ2n) is 4.79. The molecule has 0 saturated heterocycles. The van der Waals surface area contributed by atoms with E-state index in [1.165, 1.54) is 23.3 Å². The highest BCUT2D eigenvalue weighted by Crippen LogP contribution is 2.50. The molecule has 2 aliphatic heterocycles. The van der Waals surface area contributed by atoms with Gasteiger partial charge in [0.05, 0.1) is 12.1 Å². The summed E-state index contributed by atoms with van der Waals surface area (Å²) >= 11 is 0. The van der Waals surface area contributed by atoms with Crippen LogP contribution >= 0.6 is 0 Å². The molecule has 2 aromatic rings. The number of hydrogen-bond acceptors (Lipinski definition) is 1. The van der Waals surface area contributed by atoms with Gasteiger partial charge in [0, 0.05) is 5.69 Å². The lowest BCUT2D eigenvalue weighted by molar-refractivity contribution is 0.627. The van der Waals surface area contributed by atoms with Crippen LogP contribution in [0.1, 0.15) is 23.2 Å². The van der Waals surface area contributed by atoms with Crippen molar-refractivity contribution in [2.45, 2.75) is 12.1 Å². The molecule has 88 valence electrons. The number of benzene rings is 2. The molecule has 0 spiro atoms. The molecule has 0 fully saturated rings. The van der Waals surface area contributed by atoms with Crippen molar-refractivity contribution < 1.29 is 4.39 Å². The van der Waals surface area contributed by atoms with Crippen molar-refractivity contribution in [1.82, 2.24) is 0 Å². The van der Waals surface area contributed by atoms with E-state index in [1.807, 2.05) is 12.1 Å². The van der Waals surface area contributed by atoms with Crippen LogP contribution in [0, 0.1) is 5.82 Å². The Morgan fingerprint density at radius 3 is 1.89 bits per heavy atom. The van der Waals surface area contributed by atoms with E-state index < -0.39 is 0 Å². The minimum Gasteiger partial charge on any atom is -0.350 e. The fourth-order valence-corrected chi connectivity index (χ4v) is 3.06. The number of halogens is 1. The highest BCUT2D eigenvalue weighted by Gasteiger charge is 2.39. The molecule has 0 unspecified atom stereocenters. The van der Waals surface area contributed by atoms with Crippen LogP contribution in [0.3, 0.4) is 0 Å². The Bertz CT molecular complexity index is 597. The lowest BCUT2D eigenvalue weighted by Gasteiger charge is -2.25. The molecule has 2 atom stereocenters. The normalized spacial score (nSPS) is 23.5. The van der Waals surface area contributed by atoms with Gasteiger partial charge in [0.15, 0.2) is 0 Å². The van der Waals surface area contributed by atoms with Gasteiger partial charge in [-0.25, -0.2) is 4.39 Å². The van der Waals surface area contributed by atoms with Crippen LogP contribution in [0.2, 0.25) is 0 Å². The molecule has 0 amide bonds. The quantitative estimate of drug-likeness (QED) is 0.678. The van der Waals surface area contributed by atoms with Gasteiger partial charge >= 0.3 is 0 Å². The Labute approximate surface area is 105 Å². The highest BCUT2D eigenvalue weighted by atomic mass is 19.1. The molecule has 2 aromatic carbocycles. The summed E-state index contributed by atoms with van der Waals surface area (Å²) < 4.78 is 13.0. The minimum absolute atomic E-state index is 0.184. The van der Waals surface area contributed by atoms with E-state index in [-0.39, 0.29) is 5.82 Å². The standard InChI is InChI=1S/C16H12FN/c17-11-5-7-12(8-6-11)18-15-9-10-16(18)14-4-2-1-3-13(14)15/h1-10,15-16H/t15-,16+. The third kappa shape index (κ3) is 1.20. The van der Waals surface area contributed by atoms with Crippen molar-refractivity contribution >= 4 is 5.69 Å². The number of anilines is 1. The first kappa shape index (κ1) is 9.89. The molecule has 0 aliphatic carbocycles. The molecule has 2 aliphatic rings. The Balaban J connectivity index is 1.81. The van der Waals surface area contributed by atoms with Crippen LogP contribution in [-0.2, 0) is 0 Å². The first-order valence-corrected chi connectivity index (χ1v) is 6.16. The molecule has 18 heavy (non-hydrogen) atoms. The average Bonchev–Trinajstić information content (AvgIpc) is 2.97. The van der Waals surface area contributed by atoms with Crippen LogP contribution < -0.4 is 4.90 Å². The van der Waals surface area contributed by atoms with Gasteiger partial charge in [-0.15, -0.1) is 0 Å². The van der Waals surface area contributed by atoms with E-state index in [4.69, 9.17) is 0 Å². The first-order valence-electron chi connectivity index (χ1n) is 6.16. The van der Waals surface area contributed by atoms with E-state index in [0.29, 0.717) is 12.1 Å². The second-order valence-corrected chi connectivity index (χ2v) is 4.79. The molecule has 4 rings (SSSR count). The van der Waals surface area contributed by atoms with Gasteiger partial charge in [-0.2, -0.15) is 0 Å². The van der Waals surface area contributed by atoms with Crippen molar-refractivity contribution in [1.29, 1.82) is 0 Å². The molecule has 0 N–H and O–H groups in total. The largest absolute Gasteiger partial charge is 0.350 e. The van der Waals surface area contributed by atoms with Crippen molar-refractivity contribution in [2.24, 2.45) is 0 Å². The maximum atomic E-state index is 13.0. The monoisotopic (exact) mass is 237 g/mol. The molecule has 2 heterocycles. The summed E-state index contributed by atoms with van der Waals surface area (Å²) in [7, 11) is 0. The van der Waals surface area contributed by atoms with Crippen LogP contribution in [0.4, 0.5) is 10.1 Å². The maximum Gasteiger partial charge on any atom is 0.123 e. The lowest BCUT2D eigenvalue weighted by Crippen LogP contribution is -2.19. The zero-order valence-electron chi connectivity index (χ0n) is 9.75. The number of nitrogens with zero attached hydrogens (tertiary/aromatic N) is 1. The van der Waals surface area contributed by atoms with Crippen LogP contribution in [0.25, 0.3) is 0 Å². The number of hydrogen-bond donors (Lipinski definition) is 0. The van der Waals surface area contributed by atoms with Crippen LogP contribution in [0.5, 0.6) is 0 Å². The van der Waals surface area contributed by atoms with Gasteiger partial charge in [0.25, 0.3) is 0 Å². The third-order valence-electron chi connectivity index (χ3n) is 3.83. The molecule has 2 bridgehead atoms. The zero-order valence-corrected chi connectivity index (χ0v) is 9.75. The van der Waals surface area contributed by atoms with Gasteiger partial charge in [0.1, 0.15) is 5.82 Å². The Hall–Kier alpha value is -2.09. The van der Waals surface area contributed by atoms with Gasteiger partial charge in [-0.3, -0.25) is 0 Å². The smallest absolute Gasteiger partial charge is 0.123 e. The fourth-order valence-electron chi connectivity index (χ4n) is 3.06. The topological polar surface area (TPSA) is 3.24 Å². The molecular weight excluding hydrogens is 225 g/mol. The summed E-state index contributed by atoms with van der Waals surface area (Å²) in [4.78, 5) is 2.34. The van der Waals surface area contributed by atoms with Crippen LogP contribution in [-0.4, -0.2) is 0 Å². The van der Waals surface area contributed by atoms with Crippen molar-refractivity contribution in [3.8, 4) is 0 Å². The van der Waals surface area contributed by atoms with Crippen LogP contribution in [0.15, 0.2) is 60.7 Å². The number of rotatable bonds is 1. The van der Waals surface area contributed by atoms with Gasteiger partial charge < -0.3 is 4.90 Å². The summed E-state index contributed by atoms with van der Waals surface area (Å²) in [5, 5.41) is 0. The van der Waals surface area contributed by atoms with Gasteiger partial charge in [0.2, 0.25) is 0 Å². The van der Waals surface area contributed by atoms with E-state index >= 15 is 0 Å². The predicted octanol–water partition coefficient (Wildman–Crippen LogP) is 4.00. The Morgan fingerprint density at radius 1 is 0.778 bits per heavy atom. The Kier molecular flexibility index (Phi) is 1.90. The molecular formula is C16H12FN. The fraction of sp³-hybridized carbons (Fsp3) is 0.125. The molecule has 1 nitrogen and oxygen atoms in total. The average molecular weight is 237 g/mol. The molecule has 0 radical (unpaired) electrons. The summed E-state index contributed by atoms with van der Waals surface area (Å²) in [5.41, 5.74) is 3.82. The van der Waals surface area contributed by atoms with E-state index in [2.05, 4.69) is 41.3 Å². The van der Waals surface area contributed by atoms with Crippen molar-refractivity contribution in [3.05, 3.63) is 77.6 Å². The summed E-state index contributed by atoms with van der Waals surface area (Å²) in [6.45, 7) is 0. The maximum absolute atomic E-state index is 13.0. The Morgan fingerprint density at radius 2 is 1.33 bits per heavy atom. The van der Waals surface area contributed by atoms with Crippen molar-refractivity contribution in [3.63, 3.8) is 0 Å². The molecule has 0 aromatic heterocycles. The van der Waals surface area contributed by atoms with Gasteiger partial charge in [-0.05, 0) is 35.4 Å². The summed E-state index contributed by atoms with van der Waals surface area (Å²) in [5.74, 6) is -0.184. The minimum atomic E-state index is -0.184. The predicted molar refractivity (Wildman–Crippen MR) is 69.9 cm³/mol.